The minimum absolute atomic E-state index is 0.0757. The molecule has 0 fully saturated rings. The minimum Gasteiger partial charge on any atom is -0.384 e. The Kier molecular flexibility index (Phi) is 4.67. The molecular formula is C13H23N5. The summed E-state index contributed by atoms with van der Waals surface area (Å²) in [6.07, 6.45) is 0. The Morgan fingerprint density at radius 1 is 1.28 bits per heavy atom. The van der Waals surface area contributed by atoms with E-state index in [-0.39, 0.29) is 5.84 Å². The second-order valence-electron chi connectivity index (χ2n) is 4.88. The number of hydrogen-bond donors (Lipinski definition) is 2. The highest BCUT2D eigenvalue weighted by Crippen LogP contribution is 2.22. The summed E-state index contributed by atoms with van der Waals surface area (Å²) in [5, 5.41) is 7.70. The van der Waals surface area contributed by atoms with Gasteiger partial charge in [-0.25, -0.2) is 0 Å². The fourth-order valence-electron chi connectivity index (χ4n) is 1.91. The standard InChI is InChI=1S/C13H23N5/c1-9-8-11(18(5)7-6-17(3)4)12(13(14)15)10(2)16-9/h8H,6-7H2,1-5H3,(H3,14,15). The number of pyridine rings is 1. The van der Waals surface area contributed by atoms with E-state index in [1.807, 2.05) is 41.1 Å². The molecule has 1 aromatic rings. The van der Waals surface area contributed by atoms with Crippen LogP contribution in [0.5, 0.6) is 0 Å². The van der Waals surface area contributed by atoms with E-state index in [9.17, 15) is 0 Å². The van der Waals surface area contributed by atoms with Crippen LogP contribution in [-0.2, 0) is 0 Å². The van der Waals surface area contributed by atoms with E-state index in [4.69, 9.17) is 11.1 Å². The highest BCUT2D eigenvalue weighted by atomic mass is 15.2. The predicted octanol–water partition coefficient (Wildman–Crippen LogP) is 0.980. The number of hydrogen-bond acceptors (Lipinski definition) is 4. The highest BCUT2D eigenvalue weighted by molar-refractivity contribution is 6.01. The largest absolute Gasteiger partial charge is 0.384 e. The van der Waals surface area contributed by atoms with Crippen molar-refractivity contribution in [1.82, 2.24) is 9.88 Å². The normalized spacial score (nSPS) is 10.8. The molecule has 0 bridgehead atoms. The van der Waals surface area contributed by atoms with Crippen LogP contribution < -0.4 is 10.6 Å². The van der Waals surface area contributed by atoms with Gasteiger partial charge in [-0.1, -0.05) is 0 Å². The number of nitrogens with two attached hydrogens (primary N) is 1. The van der Waals surface area contributed by atoms with E-state index >= 15 is 0 Å². The molecule has 0 atom stereocenters. The van der Waals surface area contributed by atoms with Crippen LogP contribution in [0.25, 0.3) is 0 Å². The molecule has 0 aliphatic rings. The van der Waals surface area contributed by atoms with E-state index in [2.05, 4.69) is 14.8 Å². The lowest BCUT2D eigenvalue weighted by Crippen LogP contribution is -2.30. The van der Waals surface area contributed by atoms with E-state index < -0.39 is 0 Å². The van der Waals surface area contributed by atoms with E-state index in [0.29, 0.717) is 0 Å². The number of nitrogen functional groups attached to an aromatic ring is 1. The Balaban J connectivity index is 3.09. The molecule has 5 nitrogen and oxygen atoms in total. The highest BCUT2D eigenvalue weighted by Gasteiger charge is 2.14. The maximum atomic E-state index is 7.70. The fourth-order valence-corrected chi connectivity index (χ4v) is 1.91. The average Bonchev–Trinajstić information content (AvgIpc) is 2.23. The van der Waals surface area contributed by atoms with Crippen molar-refractivity contribution < 1.29 is 0 Å². The molecule has 5 heteroatoms. The summed E-state index contributed by atoms with van der Waals surface area (Å²) in [7, 11) is 6.11. The number of nitrogens with one attached hydrogen (secondary N) is 1. The van der Waals surface area contributed by atoms with Gasteiger partial charge in [0, 0.05) is 25.8 Å². The van der Waals surface area contributed by atoms with Crippen molar-refractivity contribution in [2.75, 3.05) is 39.1 Å². The zero-order valence-corrected chi connectivity index (χ0v) is 11.9. The van der Waals surface area contributed by atoms with Crippen LogP contribution in [0.3, 0.4) is 0 Å². The number of amidine groups is 1. The van der Waals surface area contributed by atoms with Gasteiger partial charge in [-0.3, -0.25) is 10.4 Å². The quantitative estimate of drug-likeness (QED) is 0.603. The first-order valence-corrected chi connectivity index (χ1v) is 6.01. The molecule has 3 N–H and O–H groups in total. The van der Waals surface area contributed by atoms with Crippen LogP contribution in [-0.4, -0.2) is 50.0 Å². The summed E-state index contributed by atoms with van der Waals surface area (Å²) < 4.78 is 0. The number of nitrogens with zero attached hydrogens (tertiary/aromatic N) is 3. The number of rotatable bonds is 5. The van der Waals surface area contributed by atoms with Gasteiger partial charge in [0.2, 0.25) is 0 Å². The first-order chi connectivity index (χ1) is 8.32. The molecule has 0 spiro atoms. The van der Waals surface area contributed by atoms with Crippen molar-refractivity contribution in [2.45, 2.75) is 13.8 Å². The average molecular weight is 249 g/mol. The molecule has 0 amide bonds. The topological polar surface area (TPSA) is 69.2 Å². The van der Waals surface area contributed by atoms with Crippen LogP contribution in [0.15, 0.2) is 6.07 Å². The van der Waals surface area contributed by atoms with Crippen LogP contribution >= 0.6 is 0 Å². The van der Waals surface area contributed by atoms with Crippen molar-refractivity contribution in [2.24, 2.45) is 5.73 Å². The molecular weight excluding hydrogens is 226 g/mol. The minimum atomic E-state index is 0.0757. The van der Waals surface area contributed by atoms with Crippen molar-refractivity contribution in [1.29, 1.82) is 5.41 Å². The summed E-state index contributed by atoms with van der Waals surface area (Å²) in [5.41, 5.74) is 9.15. The monoisotopic (exact) mass is 249 g/mol. The number of aromatic nitrogens is 1. The second kappa shape index (κ2) is 5.82. The summed E-state index contributed by atoms with van der Waals surface area (Å²) in [6.45, 7) is 5.69. The van der Waals surface area contributed by atoms with Crippen LogP contribution in [0.2, 0.25) is 0 Å². The van der Waals surface area contributed by atoms with Crippen LogP contribution in [0.1, 0.15) is 17.0 Å². The Hall–Kier alpha value is -1.62. The smallest absolute Gasteiger partial charge is 0.126 e. The predicted molar refractivity (Wildman–Crippen MR) is 76.6 cm³/mol. The zero-order chi connectivity index (χ0) is 13.9. The third-order valence-electron chi connectivity index (χ3n) is 2.87. The van der Waals surface area contributed by atoms with Crippen molar-refractivity contribution >= 4 is 11.5 Å². The molecule has 1 rings (SSSR count). The van der Waals surface area contributed by atoms with Gasteiger partial charge in [0.1, 0.15) is 5.84 Å². The molecule has 1 aromatic heterocycles. The van der Waals surface area contributed by atoms with Crippen LogP contribution in [0, 0.1) is 19.3 Å². The number of likely N-dealkylation sites (N-methyl/N-ethyl adjacent to an activating group) is 2. The molecule has 0 aliphatic carbocycles. The van der Waals surface area contributed by atoms with Gasteiger partial charge < -0.3 is 15.5 Å². The Morgan fingerprint density at radius 3 is 2.39 bits per heavy atom. The molecule has 0 radical (unpaired) electrons. The second-order valence-corrected chi connectivity index (χ2v) is 4.88. The number of anilines is 1. The van der Waals surface area contributed by atoms with Gasteiger partial charge in [-0.2, -0.15) is 0 Å². The Labute approximate surface area is 109 Å². The number of aryl methyl sites for hydroxylation is 2. The molecule has 0 saturated heterocycles. The van der Waals surface area contributed by atoms with Gasteiger partial charge in [-0.05, 0) is 34.0 Å². The SMILES string of the molecule is Cc1cc(N(C)CCN(C)C)c(C(=N)N)c(C)n1. The van der Waals surface area contributed by atoms with Gasteiger partial charge >= 0.3 is 0 Å². The first-order valence-electron chi connectivity index (χ1n) is 6.01. The summed E-state index contributed by atoms with van der Waals surface area (Å²) in [6, 6.07) is 1.99. The Morgan fingerprint density at radius 2 is 1.89 bits per heavy atom. The fraction of sp³-hybridized carbons (Fsp3) is 0.538. The van der Waals surface area contributed by atoms with Gasteiger partial charge in [0.15, 0.2) is 0 Å². The summed E-state index contributed by atoms with van der Waals surface area (Å²) in [4.78, 5) is 8.63. The van der Waals surface area contributed by atoms with E-state index in [1.54, 1.807) is 0 Å². The maximum absolute atomic E-state index is 7.70. The van der Waals surface area contributed by atoms with E-state index in [1.165, 1.54) is 0 Å². The van der Waals surface area contributed by atoms with Crippen molar-refractivity contribution in [3.05, 3.63) is 23.0 Å². The molecule has 100 valence electrons. The molecule has 0 aliphatic heterocycles. The van der Waals surface area contributed by atoms with Gasteiger partial charge in [0.05, 0.1) is 16.9 Å². The molecule has 0 saturated carbocycles. The third kappa shape index (κ3) is 3.43. The molecule has 18 heavy (non-hydrogen) atoms. The van der Waals surface area contributed by atoms with Gasteiger partial charge in [0.25, 0.3) is 0 Å². The summed E-state index contributed by atoms with van der Waals surface area (Å²) in [5.74, 6) is 0.0757. The van der Waals surface area contributed by atoms with Crippen molar-refractivity contribution in [3.8, 4) is 0 Å². The maximum Gasteiger partial charge on any atom is 0.126 e. The lowest BCUT2D eigenvalue weighted by molar-refractivity contribution is 0.416. The lowest BCUT2D eigenvalue weighted by atomic mass is 10.1. The lowest BCUT2D eigenvalue weighted by Gasteiger charge is -2.25. The third-order valence-corrected chi connectivity index (χ3v) is 2.87. The molecule has 1 heterocycles. The molecule has 0 unspecified atom stereocenters. The zero-order valence-electron chi connectivity index (χ0n) is 11.9. The van der Waals surface area contributed by atoms with Crippen LogP contribution in [0.4, 0.5) is 5.69 Å². The molecule has 0 aromatic carbocycles. The Bertz CT molecular complexity index is 439. The summed E-state index contributed by atoms with van der Waals surface area (Å²) >= 11 is 0. The van der Waals surface area contributed by atoms with Gasteiger partial charge in [-0.15, -0.1) is 0 Å². The van der Waals surface area contributed by atoms with E-state index in [0.717, 1.165) is 35.7 Å². The van der Waals surface area contributed by atoms with Crippen molar-refractivity contribution in [3.63, 3.8) is 0 Å². The first kappa shape index (κ1) is 14.4.